The van der Waals surface area contributed by atoms with Gasteiger partial charge in [0, 0.05) is 62.1 Å². The standard InChI is InChI=1S/C27H32N6O/c1-31-12-14-32(15-13-31)22-10-8-21(9-11-22)29-27-28-16-23-25(30-27)24(20-4-2-3-5-20)18-33(26(23)34)17-19-6-7-19/h4,8-11,16,18-19H,2-3,5-7,12-15,17H2,1H3,(H,28,29,30). The second kappa shape index (κ2) is 8.87. The zero-order valence-corrected chi connectivity index (χ0v) is 19.8. The number of aromatic nitrogens is 3. The van der Waals surface area contributed by atoms with Gasteiger partial charge in [-0.25, -0.2) is 9.97 Å². The van der Waals surface area contributed by atoms with Crippen molar-refractivity contribution in [3.05, 3.63) is 58.7 Å². The minimum atomic E-state index is 0.0207. The highest BCUT2D eigenvalue weighted by molar-refractivity contribution is 5.90. The number of rotatable bonds is 6. The summed E-state index contributed by atoms with van der Waals surface area (Å²) in [7, 11) is 2.17. The Morgan fingerprint density at radius 3 is 2.59 bits per heavy atom. The first-order valence-corrected chi connectivity index (χ1v) is 12.5. The van der Waals surface area contributed by atoms with Crippen LogP contribution in [0, 0.1) is 5.92 Å². The van der Waals surface area contributed by atoms with Crippen LogP contribution in [0.1, 0.15) is 37.7 Å². The van der Waals surface area contributed by atoms with E-state index in [0.29, 0.717) is 17.3 Å². The number of hydrogen-bond donors (Lipinski definition) is 1. The molecule has 7 nitrogen and oxygen atoms in total. The van der Waals surface area contributed by atoms with Crippen molar-refractivity contribution < 1.29 is 0 Å². The quantitative estimate of drug-likeness (QED) is 0.598. The summed E-state index contributed by atoms with van der Waals surface area (Å²) in [5.74, 6) is 1.16. The van der Waals surface area contributed by atoms with E-state index in [1.807, 2.05) is 10.8 Å². The third-order valence-electron chi connectivity index (χ3n) is 7.35. The van der Waals surface area contributed by atoms with Gasteiger partial charge < -0.3 is 19.7 Å². The molecule has 0 spiro atoms. The molecule has 176 valence electrons. The molecule has 2 fully saturated rings. The molecule has 0 bridgehead atoms. The van der Waals surface area contributed by atoms with E-state index in [9.17, 15) is 4.79 Å². The van der Waals surface area contributed by atoms with Crippen molar-refractivity contribution in [2.24, 2.45) is 5.92 Å². The zero-order valence-electron chi connectivity index (χ0n) is 19.8. The largest absolute Gasteiger partial charge is 0.369 e. The van der Waals surface area contributed by atoms with Crippen molar-refractivity contribution in [3.8, 4) is 0 Å². The Morgan fingerprint density at radius 2 is 1.88 bits per heavy atom. The first-order valence-electron chi connectivity index (χ1n) is 12.5. The molecule has 3 aromatic rings. The van der Waals surface area contributed by atoms with Crippen molar-refractivity contribution in [2.75, 3.05) is 43.4 Å². The highest BCUT2D eigenvalue weighted by atomic mass is 16.1. The van der Waals surface area contributed by atoms with Crippen molar-refractivity contribution in [1.82, 2.24) is 19.4 Å². The summed E-state index contributed by atoms with van der Waals surface area (Å²) in [4.78, 5) is 27.3. The number of pyridine rings is 1. The van der Waals surface area contributed by atoms with Gasteiger partial charge in [0.25, 0.3) is 5.56 Å². The second-order valence-electron chi connectivity index (χ2n) is 9.98. The predicted molar refractivity (Wildman–Crippen MR) is 138 cm³/mol. The molecule has 0 atom stereocenters. The van der Waals surface area contributed by atoms with E-state index in [2.05, 4.69) is 57.5 Å². The number of benzene rings is 1. The maximum atomic E-state index is 13.2. The molecular formula is C27H32N6O. The summed E-state index contributed by atoms with van der Waals surface area (Å²) >= 11 is 0. The summed E-state index contributed by atoms with van der Waals surface area (Å²) in [5.41, 5.74) is 5.36. The fourth-order valence-corrected chi connectivity index (χ4v) is 5.05. The maximum absolute atomic E-state index is 13.2. The van der Waals surface area contributed by atoms with Gasteiger partial charge >= 0.3 is 0 Å². The zero-order chi connectivity index (χ0) is 23.1. The lowest BCUT2D eigenvalue weighted by Crippen LogP contribution is -2.44. The number of likely N-dealkylation sites (N-methyl/N-ethyl adjacent to an activating group) is 1. The summed E-state index contributed by atoms with van der Waals surface area (Å²) < 4.78 is 1.89. The Balaban J connectivity index is 1.29. The van der Waals surface area contributed by atoms with Crippen LogP contribution in [0.2, 0.25) is 0 Å². The van der Waals surface area contributed by atoms with Crippen LogP contribution in [-0.2, 0) is 6.54 Å². The molecular weight excluding hydrogens is 424 g/mol. The average molecular weight is 457 g/mol. The Bertz CT molecular complexity index is 1280. The third-order valence-corrected chi connectivity index (χ3v) is 7.35. The third kappa shape index (κ3) is 4.32. The fourth-order valence-electron chi connectivity index (χ4n) is 5.05. The van der Waals surface area contributed by atoms with Crippen LogP contribution in [0.15, 0.2) is 47.5 Å². The maximum Gasteiger partial charge on any atom is 0.261 e. The highest BCUT2D eigenvalue weighted by Crippen LogP contribution is 2.33. The molecule has 3 heterocycles. The monoisotopic (exact) mass is 456 g/mol. The fraction of sp³-hybridized carbons (Fsp3) is 0.444. The van der Waals surface area contributed by atoms with Crippen LogP contribution in [0.25, 0.3) is 16.5 Å². The summed E-state index contributed by atoms with van der Waals surface area (Å²) in [5, 5.41) is 3.96. The van der Waals surface area contributed by atoms with Crippen LogP contribution in [0.4, 0.5) is 17.3 Å². The van der Waals surface area contributed by atoms with E-state index in [4.69, 9.17) is 4.98 Å². The molecule has 34 heavy (non-hydrogen) atoms. The number of fused-ring (bicyclic) bond motifs is 1. The minimum absolute atomic E-state index is 0.0207. The van der Waals surface area contributed by atoms with Gasteiger partial charge in [0.15, 0.2) is 0 Å². The summed E-state index contributed by atoms with van der Waals surface area (Å²) in [6.07, 6.45) is 11.8. The van der Waals surface area contributed by atoms with Crippen LogP contribution in [-0.4, -0.2) is 52.7 Å². The number of nitrogens with zero attached hydrogens (tertiary/aromatic N) is 5. The van der Waals surface area contributed by atoms with Crippen molar-refractivity contribution in [3.63, 3.8) is 0 Å². The van der Waals surface area contributed by atoms with Gasteiger partial charge in [0.05, 0.1) is 10.9 Å². The van der Waals surface area contributed by atoms with Gasteiger partial charge in [-0.05, 0) is 74.9 Å². The molecule has 1 saturated carbocycles. The molecule has 2 aliphatic carbocycles. The van der Waals surface area contributed by atoms with Crippen molar-refractivity contribution in [1.29, 1.82) is 0 Å². The van der Waals surface area contributed by atoms with E-state index < -0.39 is 0 Å². The van der Waals surface area contributed by atoms with Crippen LogP contribution in [0.5, 0.6) is 0 Å². The predicted octanol–water partition coefficient (Wildman–Crippen LogP) is 4.26. The van der Waals surface area contributed by atoms with Crippen molar-refractivity contribution in [2.45, 2.75) is 38.6 Å². The molecule has 0 radical (unpaired) electrons. The van der Waals surface area contributed by atoms with Gasteiger partial charge in [0.1, 0.15) is 0 Å². The van der Waals surface area contributed by atoms with E-state index in [-0.39, 0.29) is 5.56 Å². The van der Waals surface area contributed by atoms with E-state index in [1.165, 1.54) is 24.1 Å². The molecule has 1 N–H and O–H groups in total. The molecule has 6 rings (SSSR count). The lowest BCUT2D eigenvalue weighted by Gasteiger charge is -2.34. The molecule has 1 aromatic carbocycles. The normalized spacial score (nSPS) is 19.0. The number of allylic oxidation sites excluding steroid dienone is 2. The number of piperazine rings is 1. The topological polar surface area (TPSA) is 66.3 Å². The van der Waals surface area contributed by atoms with E-state index in [1.54, 1.807) is 6.20 Å². The first-order chi connectivity index (χ1) is 16.6. The Hall–Kier alpha value is -3.19. The Kier molecular flexibility index (Phi) is 5.57. The minimum Gasteiger partial charge on any atom is -0.369 e. The Labute approximate surface area is 200 Å². The second-order valence-corrected chi connectivity index (χ2v) is 9.98. The SMILES string of the molecule is CN1CCN(c2ccc(Nc3ncc4c(=O)n(CC5CC5)cc(C5=CCCC5)c4n3)cc2)CC1. The van der Waals surface area contributed by atoms with Gasteiger partial charge in [0.2, 0.25) is 5.95 Å². The average Bonchev–Trinajstić information content (AvgIpc) is 3.51. The molecule has 1 saturated heterocycles. The molecule has 1 aliphatic heterocycles. The summed E-state index contributed by atoms with van der Waals surface area (Å²) in [6, 6.07) is 8.46. The molecule has 0 amide bonds. The van der Waals surface area contributed by atoms with Crippen LogP contribution < -0.4 is 15.8 Å². The van der Waals surface area contributed by atoms with Gasteiger partial charge in [-0.2, -0.15) is 0 Å². The van der Waals surface area contributed by atoms with E-state index in [0.717, 1.165) is 68.8 Å². The lowest BCUT2D eigenvalue weighted by atomic mass is 10.0. The molecule has 7 heteroatoms. The first kappa shape index (κ1) is 21.4. The molecule has 0 unspecified atom stereocenters. The lowest BCUT2D eigenvalue weighted by molar-refractivity contribution is 0.313. The van der Waals surface area contributed by atoms with Gasteiger partial charge in [-0.15, -0.1) is 0 Å². The number of nitrogens with one attached hydrogen (secondary N) is 1. The smallest absolute Gasteiger partial charge is 0.261 e. The van der Waals surface area contributed by atoms with Crippen LogP contribution >= 0.6 is 0 Å². The molecule has 2 aromatic heterocycles. The molecule has 3 aliphatic rings. The van der Waals surface area contributed by atoms with Gasteiger partial charge in [-0.3, -0.25) is 4.79 Å². The van der Waals surface area contributed by atoms with Gasteiger partial charge in [-0.1, -0.05) is 6.08 Å². The van der Waals surface area contributed by atoms with Crippen LogP contribution in [0.3, 0.4) is 0 Å². The highest BCUT2D eigenvalue weighted by Gasteiger charge is 2.24. The number of anilines is 3. The van der Waals surface area contributed by atoms with Crippen molar-refractivity contribution >= 4 is 33.8 Å². The number of hydrogen-bond acceptors (Lipinski definition) is 6. The Morgan fingerprint density at radius 1 is 1.09 bits per heavy atom. The summed E-state index contributed by atoms with van der Waals surface area (Å²) in [6.45, 7) is 5.08. The van der Waals surface area contributed by atoms with E-state index >= 15 is 0 Å².